The summed E-state index contributed by atoms with van der Waals surface area (Å²) in [5, 5.41) is 0. The Morgan fingerprint density at radius 3 is 2.26 bits per heavy atom. The van der Waals surface area contributed by atoms with Gasteiger partial charge in [-0.25, -0.2) is 28.1 Å². The summed E-state index contributed by atoms with van der Waals surface area (Å²) in [7, 11) is -4.50. The third-order valence-electron chi connectivity index (χ3n) is 7.82. The van der Waals surface area contributed by atoms with Crippen LogP contribution in [0.1, 0.15) is 73.9 Å². The fourth-order valence-electron chi connectivity index (χ4n) is 5.77. The van der Waals surface area contributed by atoms with Gasteiger partial charge in [0.1, 0.15) is 18.0 Å². The van der Waals surface area contributed by atoms with Crippen LogP contribution in [0.3, 0.4) is 0 Å². The summed E-state index contributed by atoms with van der Waals surface area (Å²) < 4.78 is 86.3. The van der Waals surface area contributed by atoms with Crippen LogP contribution in [-0.2, 0) is 22.7 Å². The maximum absolute atomic E-state index is 15.0. The lowest BCUT2D eigenvalue weighted by Gasteiger charge is -2.35. The van der Waals surface area contributed by atoms with E-state index in [1.165, 1.54) is 41.6 Å². The number of hydrogen-bond donors (Lipinski definition) is 1. The zero-order valence-electron chi connectivity index (χ0n) is 28.8. The smallest absolute Gasteiger partial charge is 0.423 e. The molecule has 0 fully saturated rings. The zero-order chi connectivity index (χ0) is 36.6. The summed E-state index contributed by atoms with van der Waals surface area (Å²) in [5.41, 5.74) is -1.13. The second-order valence-electron chi connectivity index (χ2n) is 13.6. The predicted molar refractivity (Wildman–Crippen MR) is 180 cm³/mol. The Hall–Kier alpha value is -4.79. The largest absolute Gasteiger partial charge is 0.488 e. The molecule has 0 radical (unpaired) electrons. The number of nitrogens with one attached hydrogen (secondary N) is 1. The summed E-state index contributed by atoms with van der Waals surface area (Å²) >= 11 is 0. The van der Waals surface area contributed by atoms with E-state index in [-0.39, 0.29) is 40.9 Å². The minimum absolute atomic E-state index is 0.0191. The van der Waals surface area contributed by atoms with Crippen molar-refractivity contribution in [1.82, 2.24) is 24.8 Å². The van der Waals surface area contributed by atoms with Crippen LogP contribution in [0.25, 0.3) is 11.3 Å². The van der Waals surface area contributed by atoms with Gasteiger partial charge in [-0.3, -0.25) is 4.79 Å². The molecule has 266 valence electrons. The van der Waals surface area contributed by atoms with Crippen molar-refractivity contribution in [1.29, 1.82) is 0 Å². The van der Waals surface area contributed by atoms with Crippen molar-refractivity contribution < 1.29 is 35.9 Å². The summed E-state index contributed by atoms with van der Waals surface area (Å²) in [6, 6.07) is 9.44. The minimum atomic E-state index is -5.01. The van der Waals surface area contributed by atoms with Gasteiger partial charge in [0.25, 0.3) is 15.9 Å². The fourth-order valence-corrected chi connectivity index (χ4v) is 6.76. The molecular formula is C35H39F3N6O5S. The first-order valence-corrected chi connectivity index (χ1v) is 17.4. The first-order chi connectivity index (χ1) is 23.3. The molecule has 5 rings (SSSR count). The molecule has 1 amide bonds. The number of benzene rings is 2. The first-order valence-electron chi connectivity index (χ1n) is 15.9. The average molecular weight is 713 g/mol. The van der Waals surface area contributed by atoms with Gasteiger partial charge in [0.2, 0.25) is 11.8 Å². The number of carbonyl (C=O) groups is 1. The van der Waals surface area contributed by atoms with E-state index >= 15 is 13.2 Å². The highest BCUT2D eigenvalue weighted by atomic mass is 32.2. The quantitative estimate of drug-likeness (QED) is 0.224. The minimum Gasteiger partial charge on any atom is -0.488 e. The second kappa shape index (κ2) is 13.8. The van der Waals surface area contributed by atoms with Crippen molar-refractivity contribution in [3.63, 3.8) is 0 Å². The normalized spacial score (nSPS) is 16.5. The van der Waals surface area contributed by atoms with Gasteiger partial charge >= 0.3 is 6.18 Å². The molecule has 1 aliphatic heterocycles. The molecule has 0 saturated carbocycles. The Kier molecular flexibility index (Phi) is 10.1. The Bertz CT molecular complexity index is 1980. The number of hydrogen-bond acceptors (Lipinski definition) is 9. The van der Waals surface area contributed by atoms with Crippen LogP contribution in [0.5, 0.6) is 11.6 Å². The van der Waals surface area contributed by atoms with Crippen molar-refractivity contribution >= 4 is 21.9 Å². The van der Waals surface area contributed by atoms with Crippen LogP contribution in [0.4, 0.5) is 19.1 Å². The number of aryl methyl sites for hydroxylation is 2. The molecule has 3 heterocycles. The van der Waals surface area contributed by atoms with Gasteiger partial charge in [-0.05, 0) is 68.9 Å². The number of fused-ring (bicyclic) bond motifs is 4. The van der Waals surface area contributed by atoms with Crippen LogP contribution in [0.15, 0.2) is 59.8 Å². The molecule has 0 aliphatic carbocycles. The summed E-state index contributed by atoms with van der Waals surface area (Å²) in [6.07, 6.45) is -1.94. The van der Waals surface area contributed by atoms with Gasteiger partial charge < -0.3 is 14.4 Å². The topological polar surface area (TPSA) is 136 Å². The van der Waals surface area contributed by atoms with E-state index < -0.39 is 63.3 Å². The standard InChI is InChI=1S/C35H39F3N6O5S/c1-20(2)49-25-16-39-27(40-17-25)18-44-24(15-34(5,6)7)19-48-31-29(35(36,37)38)30(28-21(3)10-8-11-22(28)4)41-33(42-31)43-50(46,47)26-13-9-12-23(14-26)32(44)45/h8-14,16-17,20,24H,15,18-19H2,1-7H3,(H,41,42,43)/t24-/m1/s1. The number of halogens is 3. The van der Waals surface area contributed by atoms with Crippen LogP contribution in [0.2, 0.25) is 0 Å². The Balaban J connectivity index is 1.73. The van der Waals surface area contributed by atoms with Crippen molar-refractivity contribution in [3.05, 3.63) is 82.9 Å². The number of sulfonamides is 1. The van der Waals surface area contributed by atoms with Crippen molar-refractivity contribution in [2.24, 2.45) is 5.41 Å². The van der Waals surface area contributed by atoms with Crippen LogP contribution in [0, 0.1) is 19.3 Å². The molecule has 2 aromatic heterocycles. The van der Waals surface area contributed by atoms with E-state index in [2.05, 4.69) is 24.7 Å². The Morgan fingerprint density at radius 1 is 1.02 bits per heavy atom. The predicted octanol–water partition coefficient (Wildman–Crippen LogP) is 7.00. The zero-order valence-corrected chi connectivity index (χ0v) is 29.6. The molecule has 1 atom stereocenters. The highest BCUT2D eigenvalue weighted by Crippen LogP contribution is 2.44. The number of alkyl halides is 3. The van der Waals surface area contributed by atoms with Gasteiger partial charge in [-0.2, -0.15) is 18.2 Å². The highest BCUT2D eigenvalue weighted by Gasteiger charge is 2.42. The summed E-state index contributed by atoms with van der Waals surface area (Å²) in [5.74, 6) is -1.47. The number of carbonyl (C=O) groups excluding carboxylic acids is 1. The maximum atomic E-state index is 15.0. The SMILES string of the molecule is Cc1cccc(C)c1-c1nc2nc(c1C(F)(F)F)OC[C@@H](CC(C)(C)C)N(Cc1ncc(OC(C)C)cn1)C(=O)c1cccc(c1)S(=O)(=O)N2. The van der Waals surface area contributed by atoms with Gasteiger partial charge in [0, 0.05) is 11.1 Å². The molecule has 0 spiro atoms. The molecule has 0 unspecified atom stereocenters. The molecule has 11 nitrogen and oxygen atoms in total. The lowest BCUT2D eigenvalue weighted by atomic mass is 9.87. The first kappa shape index (κ1) is 36.5. The van der Waals surface area contributed by atoms with E-state index in [1.54, 1.807) is 32.0 Å². The lowest BCUT2D eigenvalue weighted by molar-refractivity contribution is -0.139. The Morgan fingerprint density at radius 2 is 1.66 bits per heavy atom. The lowest BCUT2D eigenvalue weighted by Crippen LogP contribution is -2.45. The third-order valence-corrected chi connectivity index (χ3v) is 9.15. The molecule has 0 saturated heterocycles. The van der Waals surface area contributed by atoms with Crippen molar-refractivity contribution in [2.75, 3.05) is 11.3 Å². The average Bonchev–Trinajstić information content (AvgIpc) is 3.00. The van der Waals surface area contributed by atoms with Crippen molar-refractivity contribution in [2.45, 2.75) is 84.6 Å². The maximum Gasteiger partial charge on any atom is 0.423 e. The molecule has 1 aliphatic rings. The van der Waals surface area contributed by atoms with E-state index in [0.29, 0.717) is 16.9 Å². The van der Waals surface area contributed by atoms with E-state index in [4.69, 9.17) is 9.47 Å². The molecule has 4 bridgehead atoms. The van der Waals surface area contributed by atoms with Gasteiger partial charge in [0.05, 0.1) is 41.7 Å². The number of aromatic nitrogens is 4. The van der Waals surface area contributed by atoms with Gasteiger partial charge in [0.15, 0.2) is 5.75 Å². The van der Waals surface area contributed by atoms with E-state index in [0.717, 1.165) is 0 Å². The number of ether oxygens (including phenoxy) is 2. The number of rotatable bonds is 6. The fraction of sp³-hybridized carbons (Fsp3) is 0.400. The van der Waals surface area contributed by atoms with Gasteiger partial charge in [-0.15, -0.1) is 0 Å². The highest BCUT2D eigenvalue weighted by molar-refractivity contribution is 7.92. The molecule has 50 heavy (non-hydrogen) atoms. The third kappa shape index (κ3) is 8.32. The van der Waals surface area contributed by atoms with Crippen LogP contribution >= 0.6 is 0 Å². The second-order valence-corrected chi connectivity index (χ2v) is 15.3. The van der Waals surface area contributed by atoms with Crippen LogP contribution in [-0.4, -0.2) is 57.9 Å². The number of amides is 1. The molecular weight excluding hydrogens is 673 g/mol. The van der Waals surface area contributed by atoms with E-state index in [9.17, 15) is 13.2 Å². The number of nitrogens with zero attached hydrogens (tertiary/aromatic N) is 5. The van der Waals surface area contributed by atoms with Gasteiger partial charge in [-0.1, -0.05) is 45.0 Å². The summed E-state index contributed by atoms with van der Waals surface area (Å²) in [6.45, 7) is 12.1. The molecule has 4 aromatic rings. The summed E-state index contributed by atoms with van der Waals surface area (Å²) in [4.78, 5) is 32.3. The molecule has 2 aromatic carbocycles. The van der Waals surface area contributed by atoms with Crippen molar-refractivity contribution in [3.8, 4) is 22.9 Å². The molecule has 1 N–H and O–H groups in total. The van der Waals surface area contributed by atoms with E-state index in [1.807, 2.05) is 34.6 Å². The molecule has 15 heteroatoms. The Labute approximate surface area is 289 Å². The number of anilines is 1. The van der Waals surface area contributed by atoms with Crippen LogP contribution < -0.4 is 14.2 Å². The monoisotopic (exact) mass is 712 g/mol.